The summed E-state index contributed by atoms with van der Waals surface area (Å²) >= 11 is 0. The first-order chi connectivity index (χ1) is 3.48. The van der Waals surface area contributed by atoms with Gasteiger partial charge in [-0.1, -0.05) is 20.8 Å². The van der Waals surface area contributed by atoms with Gasteiger partial charge in [-0.15, -0.1) is 7.05 Å². The molecule has 0 aliphatic heterocycles. The van der Waals surface area contributed by atoms with Crippen LogP contribution in [0.4, 0.5) is 0 Å². The summed E-state index contributed by atoms with van der Waals surface area (Å²) in [6.07, 6.45) is 0. The van der Waals surface area contributed by atoms with E-state index in [9.17, 15) is 4.79 Å². The summed E-state index contributed by atoms with van der Waals surface area (Å²) in [5.41, 5.74) is -0.297. The second kappa shape index (κ2) is 5.00. The number of rotatable bonds is 0. The van der Waals surface area contributed by atoms with E-state index in [2.05, 4.69) is 5.32 Å². The molecule has 9 heavy (non-hydrogen) atoms. The minimum atomic E-state index is -0.297. The van der Waals surface area contributed by atoms with E-state index in [1.54, 1.807) is 0 Å². The Morgan fingerprint density at radius 2 is 1.67 bits per heavy atom. The molecular formula is C6H12NORb. The fraction of sp³-hybridized carbons (Fsp3) is 0.833. The molecule has 0 aromatic carbocycles. The molecular weight excluding hydrogens is 188 g/mol. The molecule has 0 rings (SSSR count). The van der Waals surface area contributed by atoms with Crippen LogP contribution in [0.5, 0.6) is 0 Å². The van der Waals surface area contributed by atoms with Gasteiger partial charge in [-0.2, -0.15) is 0 Å². The van der Waals surface area contributed by atoms with Gasteiger partial charge in [0.1, 0.15) is 0 Å². The van der Waals surface area contributed by atoms with Crippen LogP contribution in [0.1, 0.15) is 20.8 Å². The number of hydrogen-bond donors (Lipinski definition) is 0. The molecule has 0 unspecified atom stereocenters. The summed E-state index contributed by atoms with van der Waals surface area (Å²) in [6.45, 7) is 5.55. The first-order valence-corrected chi connectivity index (χ1v) is 2.62. The van der Waals surface area contributed by atoms with E-state index in [4.69, 9.17) is 0 Å². The van der Waals surface area contributed by atoms with Crippen LogP contribution in [0, 0.1) is 5.41 Å². The minimum absolute atomic E-state index is 0. The summed E-state index contributed by atoms with van der Waals surface area (Å²) in [4.78, 5) is 10.7. The van der Waals surface area contributed by atoms with Gasteiger partial charge in [-0.05, 0) is 0 Å². The maximum absolute atomic E-state index is 10.7. The Hall–Kier alpha value is 1.28. The predicted octanol–water partition coefficient (Wildman–Crippen LogP) is -1.43. The Bertz CT molecular complexity index is 95.7. The van der Waals surface area contributed by atoms with E-state index in [0.29, 0.717) is 0 Å². The topological polar surface area (TPSA) is 31.2 Å². The minimum Gasteiger partial charge on any atom is -0.655 e. The van der Waals surface area contributed by atoms with E-state index in [1.165, 1.54) is 7.05 Å². The zero-order valence-corrected chi connectivity index (χ0v) is 11.8. The van der Waals surface area contributed by atoms with Crippen LogP contribution in [0.3, 0.4) is 0 Å². The van der Waals surface area contributed by atoms with Crippen molar-refractivity contribution in [1.82, 2.24) is 0 Å². The number of hydrogen-bond acceptors (Lipinski definition) is 1. The molecule has 0 aliphatic rings. The largest absolute Gasteiger partial charge is 1.00 e. The summed E-state index contributed by atoms with van der Waals surface area (Å²) in [7, 11) is 1.52. The molecule has 0 atom stereocenters. The van der Waals surface area contributed by atoms with Crippen molar-refractivity contribution >= 4 is 5.91 Å². The van der Waals surface area contributed by atoms with E-state index in [-0.39, 0.29) is 69.5 Å². The van der Waals surface area contributed by atoms with Crippen molar-refractivity contribution in [2.75, 3.05) is 7.05 Å². The predicted molar refractivity (Wildman–Crippen MR) is 33.7 cm³/mol. The van der Waals surface area contributed by atoms with Crippen molar-refractivity contribution in [2.24, 2.45) is 5.41 Å². The Morgan fingerprint density at radius 3 is 1.67 bits per heavy atom. The Labute approximate surface area is 106 Å². The third-order valence-electron chi connectivity index (χ3n) is 0.845. The first-order valence-electron chi connectivity index (χ1n) is 2.62. The molecule has 2 nitrogen and oxygen atoms in total. The van der Waals surface area contributed by atoms with E-state index >= 15 is 0 Å². The average Bonchev–Trinajstić information content (AvgIpc) is 1.62. The van der Waals surface area contributed by atoms with Crippen LogP contribution in [-0.2, 0) is 4.79 Å². The number of nitrogens with zero attached hydrogens (tertiary/aromatic N) is 1. The van der Waals surface area contributed by atoms with Crippen molar-refractivity contribution in [3.05, 3.63) is 5.32 Å². The fourth-order valence-electron chi connectivity index (χ4n) is 0.335. The second-order valence-electron chi connectivity index (χ2n) is 2.78. The van der Waals surface area contributed by atoms with E-state index in [1.807, 2.05) is 20.8 Å². The average molecular weight is 200 g/mol. The molecule has 0 aromatic rings. The van der Waals surface area contributed by atoms with Crippen LogP contribution in [0.2, 0.25) is 0 Å². The van der Waals surface area contributed by atoms with Gasteiger partial charge in [0.2, 0.25) is 0 Å². The summed E-state index contributed by atoms with van der Waals surface area (Å²) in [6, 6.07) is 0. The zero-order chi connectivity index (χ0) is 6.78. The molecule has 0 N–H and O–H groups in total. The van der Waals surface area contributed by atoms with Crippen molar-refractivity contribution in [3.63, 3.8) is 0 Å². The zero-order valence-electron chi connectivity index (χ0n) is 6.86. The molecule has 0 aromatic heterocycles. The monoisotopic (exact) mass is 199 g/mol. The SMILES string of the molecule is C[N-]C(=O)C(C)(C)C.[Rb+]. The maximum atomic E-state index is 10.7. The van der Waals surface area contributed by atoms with Crippen molar-refractivity contribution in [1.29, 1.82) is 0 Å². The first kappa shape index (κ1) is 12.9. The van der Waals surface area contributed by atoms with Gasteiger partial charge < -0.3 is 10.1 Å². The van der Waals surface area contributed by atoms with Gasteiger partial charge in [0.05, 0.1) is 5.91 Å². The molecule has 0 aliphatic carbocycles. The van der Waals surface area contributed by atoms with Crippen LogP contribution in [-0.4, -0.2) is 13.0 Å². The Kier molecular flexibility index (Phi) is 7.17. The van der Waals surface area contributed by atoms with Crippen molar-refractivity contribution < 1.29 is 63.0 Å². The van der Waals surface area contributed by atoms with Gasteiger partial charge in [0.15, 0.2) is 0 Å². The maximum Gasteiger partial charge on any atom is 1.00 e. The molecule has 0 bridgehead atoms. The summed E-state index contributed by atoms with van der Waals surface area (Å²) in [5, 5.41) is 3.52. The second-order valence-corrected chi connectivity index (χ2v) is 2.78. The third-order valence-corrected chi connectivity index (χ3v) is 0.845. The molecule has 0 radical (unpaired) electrons. The molecule has 0 heterocycles. The molecule has 0 spiro atoms. The smallest absolute Gasteiger partial charge is 0.655 e. The molecule has 0 saturated carbocycles. The number of amides is 1. The molecule has 1 amide bonds. The Morgan fingerprint density at radius 1 is 1.33 bits per heavy atom. The molecule has 0 fully saturated rings. The number of carbonyl (C=O) groups excluding carboxylic acids is 1. The van der Waals surface area contributed by atoms with Gasteiger partial charge in [0.25, 0.3) is 0 Å². The number of carbonyl (C=O) groups is 1. The van der Waals surface area contributed by atoms with E-state index < -0.39 is 0 Å². The summed E-state index contributed by atoms with van der Waals surface area (Å²) in [5.74, 6) is -0.0440. The van der Waals surface area contributed by atoms with Gasteiger partial charge in [-0.25, -0.2) is 0 Å². The molecule has 0 saturated heterocycles. The Balaban J connectivity index is 0. The van der Waals surface area contributed by atoms with Crippen LogP contribution < -0.4 is 58.2 Å². The van der Waals surface area contributed by atoms with Crippen molar-refractivity contribution in [2.45, 2.75) is 20.8 Å². The third kappa shape index (κ3) is 5.71. The van der Waals surface area contributed by atoms with Gasteiger partial charge in [-0.3, -0.25) is 0 Å². The normalized spacial score (nSPS) is 9.78. The molecule has 48 valence electrons. The van der Waals surface area contributed by atoms with Gasteiger partial charge >= 0.3 is 58.2 Å². The summed E-state index contributed by atoms with van der Waals surface area (Å²) < 4.78 is 0. The van der Waals surface area contributed by atoms with Crippen LogP contribution in [0.15, 0.2) is 0 Å². The van der Waals surface area contributed by atoms with Crippen LogP contribution in [0.25, 0.3) is 5.32 Å². The fourth-order valence-corrected chi connectivity index (χ4v) is 0.335. The molecule has 3 heteroatoms. The van der Waals surface area contributed by atoms with Crippen LogP contribution >= 0.6 is 0 Å². The quantitative estimate of drug-likeness (QED) is 0.471. The van der Waals surface area contributed by atoms with E-state index in [0.717, 1.165) is 0 Å². The van der Waals surface area contributed by atoms with Gasteiger partial charge in [0, 0.05) is 5.41 Å². The van der Waals surface area contributed by atoms with Crippen molar-refractivity contribution in [3.8, 4) is 0 Å². The standard InChI is InChI=1S/C6H13NO.Rb/c1-6(2,3)5(8)7-4;/h1-4H3,(H,7,8);/q;+1/p-1.